The zero-order valence-electron chi connectivity index (χ0n) is 16.8. The van der Waals surface area contributed by atoms with Crippen molar-refractivity contribution in [1.82, 2.24) is 24.2 Å². The van der Waals surface area contributed by atoms with Gasteiger partial charge >= 0.3 is 0 Å². The third-order valence-corrected chi connectivity index (χ3v) is 6.43. The minimum Gasteiger partial charge on any atom is -0.369 e. The Kier molecular flexibility index (Phi) is 5.06. The van der Waals surface area contributed by atoms with Crippen molar-refractivity contribution in [3.8, 4) is 0 Å². The van der Waals surface area contributed by atoms with Crippen LogP contribution in [0.15, 0.2) is 47.8 Å². The molecule has 3 heterocycles. The summed E-state index contributed by atoms with van der Waals surface area (Å²) in [5.41, 5.74) is 2.08. The molecule has 0 radical (unpaired) electrons. The van der Waals surface area contributed by atoms with Crippen LogP contribution in [0.1, 0.15) is 31.7 Å². The van der Waals surface area contributed by atoms with Crippen molar-refractivity contribution in [3.05, 3.63) is 53.3 Å². The molecule has 7 nitrogen and oxygen atoms in total. The number of rotatable bonds is 5. The molecule has 2 aromatic heterocycles. The van der Waals surface area contributed by atoms with Gasteiger partial charge in [0.1, 0.15) is 0 Å². The third-order valence-electron chi connectivity index (χ3n) is 6.43. The lowest BCUT2D eigenvalue weighted by atomic mass is 10.1. The second-order valence-corrected chi connectivity index (χ2v) is 8.19. The Bertz CT molecular complexity index is 1010. The van der Waals surface area contributed by atoms with Crippen molar-refractivity contribution in [2.45, 2.75) is 38.3 Å². The van der Waals surface area contributed by atoms with Gasteiger partial charge in [0.15, 0.2) is 0 Å². The van der Waals surface area contributed by atoms with Crippen LogP contribution in [0.2, 0.25) is 0 Å². The van der Waals surface area contributed by atoms with Gasteiger partial charge in [-0.1, -0.05) is 12.8 Å². The van der Waals surface area contributed by atoms with Gasteiger partial charge in [-0.3, -0.25) is 18.9 Å². The fourth-order valence-corrected chi connectivity index (χ4v) is 4.67. The molecule has 0 spiro atoms. The smallest absolute Gasteiger partial charge is 0.261 e. The van der Waals surface area contributed by atoms with E-state index < -0.39 is 0 Å². The monoisotopic (exact) mass is 392 g/mol. The van der Waals surface area contributed by atoms with E-state index in [0.29, 0.717) is 6.04 Å². The zero-order valence-corrected chi connectivity index (χ0v) is 16.8. The standard InChI is InChI=1S/C22H28N6O/c29-22-20-7-6-19(16-21(20)23-17-28(22)18-4-1-2-5-18)26-13-10-25(11-14-26)12-15-27-9-3-8-24-27/h3,6-9,16-18H,1-2,4-5,10-15H2. The summed E-state index contributed by atoms with van der Waals surface area (Å²) in [7, 11) is 0. The van der Waals surface area contributed by atoms with Crippen LogP contribution in [0.3, 0.4) is 0 Å². The Morgan fingerprint density at radius 2 is 1.86 bits per heavy atom. The van der Waals surface area contributed by atoms with Crippen LogP contribution in [0.5, 0.6) is 0 Å². The SMILES string of the molecule is O=c1c2ccc(N3CCN(CCn4cccn4)CC3)cc2ncn1C1CCCC1. The van der Waals surface area contributed by atoms with Crippen molar-refractivity contribution in [2.75, 3.05) is 37.6 Å². The largest absolute Gasteiger partial charge is 0.369 e. The predicted molar refractivity (Wildman–Crippen MR) is 114 cm³/mol. The van der Waals surface area contributed by atoms with Gasteiger partial charge in [0.05, 0.1) is 23.8 Å². The Hall–Kier alpha value is -2.67. The molecule has 1 saturated carbocycles. The van der Waals surface area contributed by atoms with E-state index in [1.54, 1.807) is 6.33 Å². The van der Waals surface area contributed by atoms with E-state index in [2.05, 4.69) is 32.0 Å². The van der Waals surface area contributed by atoms with Crippen molar-refractivity contribution in [1.29, 1.82) is 0 Å². The Labute approximate surface area is 170 Å². The van der Waals surface area contributed by atoms with E-state index in [9.17, 15) is 4.79 Å². The molecule has 7 heteroatoms. The lowest BCUT2D eigenvalue weighted by Gasteiger charge is -2.36. The Morgan fingerprint density at radius 3 is 2.62 bits per heavy atom. The van der Waals surface area contributed by atoms with Crippen LogP contribution in [-0.2, 0) is 6.54 Å². The highest BCUT2D eigenvalue weighted by atomic mass is 16.1. The Morgan fingerprint density at radius 1 is 1.03 bits per heavy atom. The van der Waals surface area contributed by atoms with Gasteiger partial charge < -0.3 is 4.90 Å². The molecule has 152 valence electrons. The number of benzene rings is 1. The van der Waals surface area contributed by atoms with Crippen LogP contribution in [0, 0.1) is 0 Å². The van der Waals surface area contributed by atoms with E-state index in [-0.39, 0.29) is 5.56 Å². The zero-order chi connectivity index (χ0) is 19.6. The molecule has 0 N–H and O–H groups in total. The number of hydrogen-bond donors (Lipinski definition) is 0. The Balaban J connectivity index is 1.26. The summed E-state index contributed by atoms with van der Waals surface area (Å²) < 4.78 is 3.84. The van der Waals surface area contributed by atoms with Crippen LogP contribution in [0.4, 0.5) is 5.69 Å². The van der Waals surface area contributed by atoms with Gasteiger partial charge in [-0.2, -0.15) is 5.10 Å². The number of piperazine rings is 1. The minimum absolute atomic E-state index is 0.108. The summed E-state index contributed by atoms with van der Waals surface area (Å²) in [6.45, 7) is 6.01. The van der Waals surface area contributed by atoms with Crippen LogP contribution >= 0.6 is 0 Å². The van der Waals surface area contributed by atoms with Gasteiger partial charge in [0, 0.05) is 56.8 Å². The molecule has 1 aliphatic heterocycles. The molecule has 1 saturated heterocycles. The maximum Gasteiger partial charge on any atom is 0.261 e. The number of hydrogen-bond acceptors (Lipinski definition) is 5. The van der Waals surface area contributed by atoms with E-state index in [0.717, 1.165) is 68.7 Å². The first-order chi connectivity index (χ1) is 14.3. The topological polar surface area (TPSA) is 59.2 Å². The first-order valence-electron chi connectivity index (χ1n) is 10.7. The highest BCUT2D eigenvalue weighted by molar-refractivity contribution is 5.81. The van der Waals surface area contributed by atoms with Gasteiger partial charge in [-0.05, 0) is 37.1 Å². The molecule has 29 heavy (non-hydrogen) atoms. The summed E-state index contributed by atoms with van der Waals surface area (Å²) in [6, 6.07) is 8.43. The molecule has 1 aliphatic carbocycles. The van der Waals surface area contributed by atoms with E-state index in [1.807, 2.05) is 33.8 Å². The quantitative estimate of drug-likeness (QED) is 0.668. The number of aromatic nitrogens is 4. The average molecular weight is 393 g/mol. The van der Waals surface area contributed by atoms with Crippen LogP contribution in [0.25, 0.3) is 10.9 Å². The van der Waals surface area contributed by atoms with E-state index in [1.165, 1.54) is 12.8 Å². The summed E-state index contributed by atoms with van der Waals surface area (Å²) in [6.07, 6.45) is 10.2. The minimum atomic E-state index is 0.108. The molecule has 0 unspecified atom stereocenters. The van der Waals surface area contributed by atoms with Crippen LogP contribution < -0.4 is 10.5 Å². The maximum atomic E-state index is 12.9. The van der Waals surface area contributed by atoms with Crippen molar-refractivity contribution in [3.63, 3.8) is 0 Å². The summed E-state index contributed by atoms with van der Waals surface area (Å²) >= 11 is 0. The lowest BCUT2D eigenvalue weighted by Crippen LogP contribution is -2.47. The predicted octanol–water partition coefficient (Wildman–Crippen LogP) is 2.53. The van der Waals surface area contributed by atoms with Crippen molar-refractivity contribution >= 4 is 16.6 Å². The molecule has 0 bridgehead atoms. The number of fused-ring (bicyclic) bond motifs is 1. The van der Waals surface area contributed by atoms with Gasteiger partial charge in [0.25, 0.3) is 5.56 Å². The molecule has 2 aliphatic rings. The van der Waals surface area contributed by atoms with Gasteiger partial charge in [0.2, 0.25) is 0 Å². The molecule has 0 atom stereocenters. The third kappa shape index (κ3) is 3.79. The number of nitrogens with zero attached hydrogens (tertiary/aromatic N) is 6. The average Bonchev–Trinajstić information content (AvgIpc) is 3.47. The summed E-state index contributed by atoms with van der Waals surface area (Å²) in [5.74, 6) is 0. The van der Waals surface area contributed by atoms with Gasteiger partial charge in [-0.25, -0.2) is 4.98 Å². The second kappa shape index (κ2) is 7.99. The first-order valence-corrected chi connectivity index (χ1v) is 10.7. The second-order valence-electron chi connectivity index (χ2n) is 8.19. The lowest BCUT2D eigenvalue weighted by molar-refractivity contribution is 0.244. The summed E-state index contributed by atoms with van der Waals surface area (Å²) in [4.78, 5) is 22.4. The number of anilines is 1. The fourth-order valence-electron chi connectivity index (χ4n) is 4.67. The van der Waals surface area contributed by atoms with E-state index in [4.69, 9.17) is 0 Å². The summed E-state index contributed by atoms with van der Waals surface area (Å²) in [5, 5.41) is 5.01. The van der Waals surface area contributed by atoms with Gasteiger partial charge in [-0.15, -0.1) is 0 Å². The molecular formula is C22H28N6O. The first kappa shape index (κ1) is 18.4. The molecule has 5 rings (SSSR count). The molecule has 1 aromatic carbocycles. The van der Waals surface area contributed by atoms with Crippen LogP contribution in [-0.4, -0.2) is 57.0 Å². The maximum absolute atomic E-state index is 12.9. The van der Waals surface area contributed by atoms with E-state index >= 15 is 0 Å². The highest BCUT2D eigenvalue weighted by Gasteiger charge is 2.20. The molecule has 2 fully saturated rings. The molecule has 0 amide bonds. The normalized spacial score (nSPS) is 18.7. The van der Waals surface area contributed by atoms with Crippen molar-refractivity contribution < 1.29 is 0 Å². The highest BCUT2D eigenvalue weighted by Crippen LogP contribution is 2.28. The fraction of sp³-hybridized carbons (Fsp3) is 0.500. The van der Waals surface area contributed by atoms with Crippen molar-refractivity contribution in [2.24, 2.45) is 0 Å². The molecule has 3 aromatic rings. The molecular weight excluding hydrogens is 364 g/mol.